The standard InChI is InChI=1S/C14H12O5/c1-8-3-4-10(18-8)5-6-11(15)13-12(16)7-9(2)19-14(13)17/h3-7,16H,1-2H3/b6-5+. The van der Waals surface area contributed by atoms with E-state index in [0.717, 1.165) is 6.08 Å². The zero-order valence-corrected chi connectivity index (χ0v) is 10.5. The van der Waals surface area contributed by atoms with Crippen LogP contribution in [0.4, 0.5) is 0 Å². The van der Waals surface area contributed by atoms with Crippen molar-refractivity contribution in [2.24, 2.45) is 0 Å². The van der Waals surface area contributed by atoms with Crippen molar-refractivity contribution in [1.82, 2.24) is 0 Å². The van der Waals surface area contributed by atoms with Crippen molar-refractivity contribution in [2.45, 2.75) is 13.8 Å². The van der Waals surface area contributed by atoms with Crippen LogP contribution in [0.5, 0.6) is 5.75 Å². The average Bonchev–Trinajstić information content (AvgIpc) is 2.71. The van der Waals surface area contributed by atoms with Gasteiger partial charge in [-0.2, -0.15) is 0 Å². The first-order valence-corrected chi connectivity index (χ1v) is 5.60. The highest BCUT2D eigenvalue weighted by molar-refractivity contribution is 6.08. The second-order valence-electron chi connectivity index (χ2n) is 4.05. The molecule has 2 heterocycles. The molecule has 0 saturated heterocycles. The Morgan fingerprint density at radius 2 is 1.95 bits per heavy atom. The van der Waals surface area contributed by atoms with Gasteiger partial charge in [0.2, 0.25) is 0 Å². The number of carbonyl (C=O) groups excluding carboxylic acids is 1. The van der Waals surface area contributed by atoms with Crippen LogP contribution in [0, 0.1) is 13.8 Å². The van der Waals surface area contributed by atoms with Gasteiger partial charge in [-0.05, 0) is 38.1 Å². The number of aryl methyl sites for hydroxylation is 2. The molecule has 98 valence electrons. The maximum Gasteiger partial charge on any atom is 0.351 e. The first-order chi connectivity index (χ1) is 8.97. The number of ketones is 1. The third-order valence-electron chi connectivity index (χ3n) is 2.46. The van der Waals surface area contributed by atoms with Gasteiger partial charge in [0, 0.05) is 6.07 Å². The Kier molecular flexibility index (Phi) is 3.37. The van der Waals surface area contributed by atoms with Gasteiger partial charge in [-0.3, -0.25) is 4.79 Å². The summed E-state index contributed by atoms with van der Waals surface area (Å²) in [5.74, 6) is 0.413. The zero-order valence-electron chi connectivity index (χ0n) is 10.5. The molecule has 0 radical (unpaired) electrons. The number of hydrogen-bond acceptors (Lipinski definition) is 5. The minimum atomic E-state index is -0.859. The van der Waals surface area contributed by atoms with Gasteiger partial charge in [0.15, 0.2) is 5.78 Å². The van der Waals surface area contributed by atoms with E-state index in [4.69, 9.17) is 8.83 Å². The molecule has 2 aromatic heterocycles. The highest BCUT2D eigenvalue weighted by atomic mass is 16.4. The van der Waals surface area contributed by atoms with Crippen LogP contribution >= 0.6 is 0 Å². The van der Waals surface area contributed by atoms with E-state index < -0.39 is 11.4 Å². The first kappa shape index (κ1) is 12.9. The molecule has 0 aliphatic rings. The van der Waals surface area contributed by atoms with Gasteiger partial charge in [0.1, 0.15) is 28.6 Å². The summed E-state index contributed by atoms with van der Waals surface area (Å²) in [6, 6.07) is 4.66. The Hall–Kier alpha value is -2.56. The fourth-order valence-corrected chi connectivity index (χ4v) is 1.61. The third-order valence-corrected chi connectivity index (χ3v) is 2.46. The van der Waals surface area contributed by atoms with Gasteiger partial charge in [-0.15, -0.1) is 0 Å². The molecule has 19 heavy (non-hydrogen) atoms. The summed E-state index contributed by atoms with van der Waals surface area (Å²) in [6.07, 6.45) is 2.58. The highest BCUT2D eigenvalue weighted by Gasteiger charge is 2.15. The normalized spacial score (nSPS) is 11.1. The van der Waals surface area contributed by atoms with E-state index in [1.54, 1.807) is 19.1 Å². The summed E-state index contributed by atoms with van der Waals surface area (Å²) in [6.45, 7) is 3.29. The molecule has 2 aromatic rings. The minimum absolute atomic E-state index is 0.240. The monoisotopic (exact) mass is 260 g/mol. The maximum absolute atomic E-state index is 11.8. The van der Waals surface area contributed by atoms with E-state index in [1.165, 1.54) is 19.1 Å². The molecule has 0 bridgehead atoms. The maximum atomic E-state index is 11.8. The smallest absolute Gasteiger partial charge is 0.351 e. The first-order valence-electron chi connectivity index (χ1n) is 5.60. The molecule has 0 atom stereocenters. The summed E-state index contributed by atoms with van der Waals surface area (Å²) >= 11 is 0. The molecule has 5 nitrogen and oxygen atoms in total. The Morgan fingerprint density at radius 3 is 2.53 bits per heavy atom. The largest absolute Gasteiger partial charge is 0.507 e. The SMILES string of the molecule is Cc1ccc(/C=C/C(=O)c2c(O)cc(C)oc2=O)o1. The second-order valence-corrected chi connectivity index (χ2v) is 4.05. The van der Waals surface area contributed by atoms with E-state index in [2.05, 4.69) is 0 Å². The van der Waals surface area contributed by atoms with Gasteiger partial charge in [-0.25, -0.2) is 4.79 Å². The Bertz CT molecular complexity index is 703. The van der Waals surface area contributed by atoms with Crippen LogP contribution in [0.25, 0.3) is 6.08 Å². The summed E-state index contributed by atoms with van der Waals surface area (Å²) in [5, 5.41) is 9.61. The van der Waals surface area contributed by atoms with Gasteiger partial charge in [-0.1, -0.05) is 0 Å². The highest BCUT2D eigenvalue weighted by Crippen LogP contribution is 2.16. The zero-order chi connectivity index (χ0) is 14.0. The predicted octanol–water partition coefficient (Wildman–Crippen LogP) is 2.45. The summed E-state index contributed by atoms with van der Waals surface area (Å²) < 4.78 is 10.0. The van der Waals surface area contributed by atoms with E-state index in [0.29, 0.717) is 11.5 Å². The molecule has 0 amide bonds. The van der Waals surface area contributed by atoms with Crippen molar-refractivity contribution in [1.29, 1.82) is 0 Å². The fourth-order valence-electron chi connectivity index (χ4n) is 1.61. The van der Waals surface area contributed by atoms with Crippen LogP contribution in [0.15, 0.2) is 37.9 Å². The van der Waals surface area contributed by atoms with Crippen molar-refractivity contribution in [3.63, 3.8) is 0 Å². The van der Waals surface area contributed by atoms with Crippen molar-refractivity contribution in [3.05, 3.63) is 57.5 Å². The lowest BCUT2D eigenvalue weighted by Crippen LogP contribution is -2.12. The molecule has 0 aromatic carbocycles. The minimum Gasteiger partial charge on any atom is -0.507 e. The molecular weight excluding hydrogens is 248 g/mol. The lowest BCUT2D eigenvalue weighted by molar-refractivity contribution is 0.104. The molecule has 1 N–H and O–H groups in total. The summed E-state index contributed by atoms with van der Waals surface area (Å²) in [4.78, 5) is 23.3. The number of hydrogen-bond donors (Lipinski definition) is 1. The van der Waals surface area contributed by atoms with Gasteiger partial charge < -0.3 is 13.9 Å². The van der Waals surface area contributed by atoms with Gasteiger partial charge in [0.05, 0.1) is 0 Å². The summed E-state index contributed by atoms with van der Waals surface area (Å²) in [5.41, 5.74) is -1.24. The molecule has 0 spiro atoms. The molecule has 0 aliphatic carbocycles. The lowest BCUT2D eigenvalue weighted by atomic mass is 10.1. The van der Waals surface area contributed by atoms with E-state index >= 15 is 0 Å². The predicted molar refractivity (Wildman–Crippen MR) is 68.2 cm³/mol. The van der Waals surface area contributed by atoms with Crippen molar-refractivity contribution < 1.29 is 18.7 Å². The molecule has 5 heteroatoms. The average molecular weight is 260 g/mol. The fraction of sp³-hybridized carbons (Fsp3) is 0.143. The number of carbonyl (C=O) groups is 1. The molecule has 0 fully saturated rings. The van der Waals surface area contributed by atoms with Crippen LogP contribution in [-0.2, 0) is 0 Å². The third kappa shape index (κ3) is 2.82. The van der Waals surface area contributed by atoms with E-state index in [-0.39, 0.29) is 17.1 Å². The van der Waals surface area contributed by atoms with Crippen molar-refractivity contribution >= 4 is 11.9 Å². The molecule has 0 saturated carbocycles. The molecule has 0 unspecified atom stereocenters. The van der Waals surface area contributed by atoms with Gasteiger partial charge >= 0.3 is 5.63 Å². The molecule has 2 rings (SSSR count). The molecular formula is C14H12O5. The van der Waals surface area contributed by atoms with Crippen LogP contribution < -0.4 is 5.63 Å². The van der Waals surface area contributed by atoms with Gasteiger partial charge in [0.25, 0.3) is 0 Å². The number of furan rings is 1. The second kappa shape index (κ2) is 4.97. The van der Waals surface area contributed by atoms with Crippen LogP contribution in [-0.4, -0.2) is 10.9 Å². The Morgan fingerprint density at radius 1 is 1.21 bits per heavy atom. The van der Waals surface area contributed by atoms with Crippen LogP contribution in [0.2, 0.25) is 0 Å². The van der Waals surface area contributed by atoms with Crippen molar-refractivity contribution in [2.75, 3.05) is 0 Å². The Labute approximate surface area is 108 Å². The summed E-state index contributed by atoms with van der Waals surface area (Å²) in [7, 11) is 0. The van der Waals surface area contributed by atoms with Crippen LogP contribution in [0.1, 0.15) is 27.6 Å². The van der Waals surface area contributed by atoms with Crippen LogP contribution in [0.3, 0.4) is 0 Å². The Balaban J connectivity index is 2.31. The topological polar surface area (TPSA) is 80.6 Å². The quantitative estimate of drug-likeness (QED) is 0.677. The van der Waals surface area contributed by atoms with E-state index in [1.807, 2.05) is 0 Å². The molecule has 0 aliphatic heterocycles. The number of rotatable bonds is 3. The number of aromatic hydroxyl groups is 1. The van der Waals surface area contributed by atoms with Crippen molar-refractivity contribution in [3.8, 4) is 5.75 Å². The lowest BCUT2D eigenvalue weighted by Gasteiger charge is -1.99. The number of allylic oxidation sites excluding steroid dienone is 1. The van der Waals surface area contributed by atoms with E-state index in [9.17, 15) is 14.7 Å².